The zero-order valence-corrected chi connectivity index (χ0v) is 14.2. The van der Waals surface area contributed by atoms with E-state index in [2.05, 4.69) is 15.6 Å². The molecule has 1 N–H and O–H groups in total. The van der Waals surface area contributed by atoms with Crippen molar-refractivity contribution in [2.45, 2.75) is 20.4 Å². The molecule has 0 aliphatic carbocycles. The van der Waals surface area contributed by atoms with Gasteiger partial charge in [-0.15, -0.1) is 0 Å². The number of benzene rings is 1. The Morgan fingerprint density at radius 1 is 1.33 bits per heavy atom. The maximum Gasteiger partial charge on any atom is 0.390 e. The van der Waals surface area contributed by atoms with Crippen LogP contribution in [0.5, 0.6) is 0 Å². The topological polar surface area (TPSA) is 116 Å². The largest absolute Gasteiger partial charge is 0.390 e. The molecule has 9 nitrogen and oxygen atoms in total. The van der Waals surface area contributed by atoms with Gasteiger partial charge in [-0.2, -0.15) is 4.68 Å². The molecule has 0 aliphatic heterocycles. The second kappa shape index (κ2) is 6.94. The Hall–Kier alpha value is -3.63. The number of halogens is 2. The molecule has 0 atom stereocenters. The maximum absolute atomic E-state index is 13.7. The molecule has 27 heavy (non-hydrogen) atoms. The first-order chi connectivity index (χ1) is 12.8. The first-order valence-corrected chi connectivity index (χ1v) is 7.66. The van der Waals surface area contributed by atoms with Crippen molar-refractivity contribution >= 4 is 17.4 Å². The Balaban J connectivity index is 1.89. The first-order valence-electron chi connectivity index (χ1n) is 7.66. The fourth-order valence-electron chi connectivity index (χ4n) is 2.42. The van der Waals surface area contributed by atoms with Crippen LogP contribution in [0.2, 0.25) is 0 Å². The van der Waals surface area contributed by atoms with Crippen molar-refractivity contribution in [2.75, 3.05) is 5.32 Å². The number of anilines is 1. The van der Waals surface area contributed by atoms with Crippen LogP contribution in [0.4, 0.5) is 20.3 Å². The van der Waals surface area contributed by atoms with E-state index in [1.807, 2.05) is 0 Å². The molecule has 1 aromatic carbocycles. The highest BCUT2D eigenvalue weighted by atomic mass is 19.1. The molecule has 2 heterocycles. The second-order valence-electron chi connectivity index (χ2n) is 5.70. The van der Waals surface area contributed by atoms with E-state index in [0.29, 0.717) is 11.3 Å². The van der Waals surface area contributed by atoms with Gasteiger partial charge in [-0.05, 0) is 30.9 Å². The van der Waals surface area contributed by atoms with Gasteiger partial charge in [0.05, 0.1) is 34.7 Å². The monoisotopic (exact) mass is 377 g/mol. The summed E-state index contributed by atoms with van der Waals surface area (Å²) in [6, 6.07) is 3.92. The number of aromatic nitrogens is 3. The molecule has 0 spiro atoms. The summed E-state index contributed by atoms with van der Waals surface area (Å²) in [6.07, 6.45) is 0. The van der Waals surface area contributed by atoms with Crippen molar-refractivity contribution < 1.29 is 23.0 Å². The van der Waals surface area contributed by atoms with Crippen LogP contribution >= 0.6 is 0 Å². The number of hydrogen-bond donors (Lipinski definition) is 1. The molecule has 0 aliphatic rings. The van der Waals surface area contributed by atoms with Gasteiger partial charge in [0, 0.05) is 6.07 Å². The van der Waals surface area contributed by atoms with Crippen LogP contribution in [-0.4, -0.2) is 25.8 Å². The quantitative estimate of drug-likeness (QED) is 0.540. The van der Waals surface area contributed by atoms with Crippen LogP contribution in [0, 0.1) is 35.6 Å². The number of nitro groups is 1. The minimum Gasteiger partial charge on any atom is -0.361 e. The number of rotatable bonds is 5. The minimum atomic E-state index is -0.815. The van der Waals surface area contributed by atoms with Crippen LogP contribution < -0.4 is 5.32 Å². The third-order valence-electron chi connectivity index (χ3n) is 3.84. The Labute approximate surface area is 150 Å². The average Bonchev–Trinajstić information content (AvgIpc) is 3.15. The van der Waals surface area contributed by atoms with Gasteiger partial charge in [-0.25, -0.2) is 8.78 Å². The molecule has 0 saturated heterocycles. The van der Waals surface area contributed by atoms with E-state index in [-0.39, 0.29) is 29.5 Å². The fraction of sp³-hybridized carbons (Fsp3) is 0.188. The molecule has 2 aromatic heterocycles. The Bertz CT molecular complexity index is 1040. The minimum absolute atomic E-state index is 0.0244. The molecule has 3 aromatic rings. The van der Waals surface area contributed by atoms with Gasteiger partial charge in [0.15, 0.2) is 5.69 Å². The average molecular weight is 377 g/mol. The number of nitrogens with one attached hydrogen (secondary N) is 1. The summed E-state index contributed by atoms with van der Waals surface area (Å²) in [7, 11) is 0. The summed E-state index contributed by atoms with van der Waals surface area (Å²) in [5.74, 6) is -2.40. The molecule has 0 radical (unpaired) electrons. The maximum atomic E-state index is 13.7. The fourth-order valence-corrected chi connectivity index (χ4v) is 2.42. The van der Waals surface area contributed by atoms with E-state index in [9.17, 15) is 23.7 Å². The summed E-state index contributed by atoms with van der Waals surface area (Å²) < 4.78 is 33.3. The van der Waals surface area contributed by atoms with Crippen molar-refractivity contribution in [2.24, 2.45) is 0 Å². The lowest BCUT2D eigenvalue weighted by atomic mass is 10.1. The number of nitrogens with zero attached hydrogens (tertiary/aromatic N) is 4. The summed E-state index contributed by atoms with van der Waals surface area (Å²) in [4.78, 5) is 22.6. The van der Waals surface area contributed by atoms with Crippen molar-refractivity contribution in [3.63, 3.8) is 0 Å². The third-order valence-corrected chi connectivity index (χ3v) is 3.84. The third kappa shape index (κ3) is 3.66. The van der Waals surface area contributed by atoms with E-state index in [1.54, 1.807) is 13.8 Å². The zero-order valence-electron chi connectivity index (χ0n) is 14.2. The lowest BCUT2D eigenvalue weighted by Gasteiger charge is -2.06. The number of carbonyl (C=O) groups is 1. The zero-order chi connectivity index (χ0) is 19.7. The molecule has 0 bridgehead atoms. The molecule has 0 fully saturated rings. The summed E-state index contributed by atoms with van der Waals surface area (Å²) in [5, 5.41) is 20.6. The van der Waals surface area contributed by atoms with E-state index in [4.69, 9.17) is 4.52 Å². The van der Waals surface area contributed by atoms with Gasteiger partial charge in [0.25, 0.3) is 5.91 Å². The number of amides is 1. The van der Waals surface area contributed by atoms with Gasteiger partial charge in [-0.1, -0.05) is 5.16 Å². The van der Waals surface area contributed by atoms with Crippen molar-refractivity contribution in [1.82, 2.24) is 14.9 Å². The highest BCUT2D eigenvalue weighted by Gasteiger charge is 2.24. The normalized spacial score (nSPS) is 10.8. The van der Waals surface area contributed by atoms with Crippen molar-refractivity contribution in [1.29, 1.82) is 0 Å². The van der Waals surface area contributed by atoms with Crippen LogP contribution in [0.1, 0.15) is 27.5 Å². The molecular weight excluding hydrogens is 364 g/mol. The van der Waals surface area contributed by atoms with Gasteiger partial charge in [0.1, 0.15) is 17.4 Å². The van der Waals surface area contributed by atoms with Crippen LogP contribution in [0.15, 0.2) is 28.8 Å². The number of carbonyl (C=O) groups excluding carboxylic acids is 1. The number of aryl methyl sites for hydroxylation is 2. The van der Waals surface area contributed by atoms with Gasteiger partial charge < -0.3 is 20.0 Å². The molecule has 3 rings (SSSR count). The van der Waals surface area contributed by atoms with Crippen molar-refractivity contribution in [3.05, 3.63) is 68.7 Å². The van der Waals surface area contributed by atoms with Crippen LogP contribution in [0.3, 0.4) is 0 Å². The highest BCUT2D eigenvalue weighted by molar-refractivity contribution is 6.04. The van der Waals surface area contributed by atoms with E-state index in [0.717, 1.165) is 18.2 Å². The second-order valence-corrected chi connectivity index (χ2v) is 5.70. The summed E-state index contributed by atoms with van der Waals surface area (Å²) in [5.41, 5.74) is 0.293. The standard InChI is InChI=1S/C16H13F2N5O4/c1-8-5-14(23(25)26)20-22(8)7-11-9(2)27-21-15(11)16(24)19-13-6-10(17)3-4-12(13)18/h3-6H,7H2,1-2H3,(H,19,24). The molecule has 0 unspecified atom stereocenters. The van der Waals surface area contributed by atoms with E-state index < -0.39 is 22.5 Å². The van der Waals surface area contributed by atoms with Gasteiger partial charge >= 0.3 is 5.82 Å². The summed E-state index contributed by atoms with van der Waals surface area (Å²) in [6.45, 7) is 3.14. The lowest BCUT2D eigenvalue weighted by Crippen LogP contribution is -2.17. The molecule has 0 saturated carbocycles. The first kappa shape index (κ1) is 18.2. The smallest absolute Gasteiger partial charge is 0.361 e. The number of hydrogen-bond acceptors (Lipinski definition) is 6. The molecule has 140 valence electrons. The predicted octanol–water partition coefficient (Wildman–Crippen LogP) is 2.97. The predicted molar refractivity (Wildman–Crippen MR) is 88.3 cm³/mol. The highest BCUT2D eigenvalue weighted by Crippen LogP contribution is 2.21. The van der Waals surface area contributed by atoms with E-state index in [1.165, 1.54) is 10.7 Å². The Kier molecular flexibility index (Phi) is 4.67. The van der Waals surface area contributed by atoms with Crippen molar-refractivity contribution in [3.8, 4) is 0 Å². The Morgan fingerprint density at radius 3 is 2.74 bits per heavy atom. The van der Waals surface area contributed by atoms with E-state index >= 15 is 0 Å². The van der Waals surface area contributed by atoms with Crippen LogP contribution in [0.25, 0.3) is 0 Å². The Morgan fingerprint density at radius 2 is 2.07 bits per heavy atom. The van der Waals surface area contributed by atoms with Crippen LogP contribution in [-0.2, 0) is 6.54 Å². The van der Waals surface area contributed by atoms with Gasteiger partial charge in [0.2, 0.25) is 0 Å². The molecule has 11 heteroatoms. The molecule has 1 amide bonds. The molecular formula is C16H13F2N5O4. The lowest BCUT2D eigenvalue weighted by molar-refractivity contribution is -0.389. The van der Waals surface area contributed by atoms with Gasteiger partial charge in [-0.3, -0.25) is 4.79 Å². The summed E-state index contributed by atoms with van der Waals surface area (Å²) >= 11 is 0. The SMILES string of the molecule is Cc1onc(C(=O)Nc2cc(F)ccc2F)c1Cn1nc([N+](=O)[O-])cc1C.